The molecule has 6 heteroatoms. The minimum absolute atomic E-state index is 0.0718. The van der Waals surface area contributed by atoms with E-state index in [9.17, 15) is 9.59 Å². The molecule has 1 saturated heterocycles. The van der Waals surface area contributed by atoms with Gasteiger partial charge in [0, 0.05) is 13.1 Å². The summed E-state index contributed by atoms with van der Waals surface area (Å²) in [5.41, 5.74) is 5.26. The van der Waals surface area contributed by atoms with Crippen LogP contribution in [-0.2, 0) is 9.59 Å². The van der Waals surface area contributed by atoms with E-state index < -0.39 is 11.8 Å². The Bertz CT molecular complexity index is 336. The van der Waals surface area contributed by atoms with E-state index in [2.05, 4.69) is 31.4 Å². The smallest absolute Gasteiger partial charge is 0.311 e. The van der Waals surface area contributed by atoms with Gasteiger partial charge in [-0.15, -0.1) is 0 Å². The predicted molar refractivity (Wildman–Crippen MR) is 73.9 cm³/mol. The number of rotatable bonds is 3. The van der Waals surface area contributed by atoms with Crippen molar-refractivity contribution in [1.29, 1.82) is 0 Å². The fraction of sp³-hybridized carbons (Fsp3) is 0.750. The summed E-state index contributed by atoms with van der Waals surface area (Å²) in [7, 11) is 0. The average molecular weight is 271 g/mol. The van der Waals surface area contributed by atoms with Crippen molar-refractivity contribution in [2.75, 3.05) is 19.6 Å². The van der Waals surface area contributed by atoms with E-state index in [-0.39, 0.29) is 11.5 Å². The molecular weight excluding hydrogens is 250 g/mol. The summed E-state index contributed by atoms with van der Waals surface area (Å²) in [5.74, 6) is 0.179. The van der Waals surface area contributed by atoms with E-state index in [1.54, 1.807) is 4.90 Å². The zero-order valence-corrected chi connectivity index (χ0v) is 11.8. The van der Waals surface area contributed by atoms with Crippen LogP contribution in [0.1, 0.15) is 26.7 Å². The van der Waals surface area contributed by atoms with Crippen LogP contribution < -0.4 is 11.1 Å². The van der Waals surface area contributed by atoms with Crippen molar-refractivity contribution in [2.45, 2.75) is 26.7 Å². The molecule has 1 rings (SSSR count). The molecule has 1 fully saturated rings. The minimum Gasteiger partial charge on any atom is -0.392 e. The zero-order chi connectivity index (χ0) is 13.7. The summed E-state index contributed by atoms with van der Waals surface area (Å²) in [5, 5.41) is 2.42. The Labute approximate surface area is 113 Å². The van der Waals surface area contributed by atoms with Crippen LogP contribution in [0.5, 0.6) is 0 Å². The topological polar surface area (TPSA) is 75.4 Å². The summed E-state index contributed by atoms with van der Waals surface area (Å²) in [6, 6.07) is 0. The van der Waals surface area contributed by atoms with Crippen molar-refractivity contribution in [1.82, 2.24) is 10.2 Å². The lowest BCUT2D eigenvalue weighted by molar-refractivity contribution is -0.146. The highest BCUT2D eigenvalue weighted by molar-refractivity contribution is 7.80. The Morgan fingerprint density at radius 2 is 1.94 bits per heavy atom. The quantitative estimate of drug-likeness (QED) is 0.571. The van der Waals surface area contributed by atoms with Gasteiger partial charge in [0.15, 0.2) is 0 Å². The molecule has 0 aromatic rings. The molecule has 0 bridgehead atoms. The van der Waals surface area contributed by atoms with Gasteiger partial charge in [-0.3, -0.25) is 9.59 Å². The van der Waals surface area contributed by atoms with E-state index in [1.165, 1.54) is 0 Å². The van der Waals surface area contributed by atoms with Crippen LogP contribution in [0.15, 0.2) is 0 Å². The summed E-state index contributed by atoms with van der Waals surface area (Å²) < 4.78 is 0. The first-order valence-electron chi connectivity index (χ1n) is 6.27. The second-order valence-corrected chi connectivity index (χ2v) is 5.55. The third-order valence-corrected chi connectivity index (χ3v) is 3.53. The van der Waals surface area contributed by atoms with Crippen molar-refractivity contribution in [3.63, 3.8) is 0 Å². The molecule has 1 aliphatic heterocycles. The van der Waals surface area contributed by atoms with Gasteiger partial charge in [-0.1, -0.05) is 26.1 Å². The van der Waals surface area contributed by atoms with Crippen molar-refractivity contribution in [3.8, 4) is 0 Å². The van der Waals surface area contributed by atoms with Gasteiger partial charge >= 0.3 is 11.8 Å². The second kappa shape index (κ2) is 6.68. The van der Waals surface area contributed by atoms with Crippen LogP contribution in [0.4, 0.5) is 0 Å². The maximum absolute atomic E-state index is 11.8. The average Bonchev–Trinajstić information content (AvgIpc) is 2.35. The standard InChI is InChI=1S/C12H21N3O2S/c1-8(2)9-3-5-15(6-4-9)12(17)11(16)14-7-10(13)18/h8-9H,3-7H2,1-2H3,(H2,13,18)(H,14,16). The monoisotopic (exact) mass is 271 g/mol. The van der Waals surface area contributed by atoms with Gasteiger partial charge in [-0.2, -0.15) is 0 Å². The number of nitrogens with one attached hydrogen (secondary N) is 1. The number of hydrogen-bond donors (Lipinski definition) is 2. The van der Waals surface area contributed by atoms with Crippen molar-refractivity contribution in [2.24, 2.45) is 17.6 Å². The highest BCUT2D eigenvalue weighted by Gasteiger charge is 2.27. The summed E-state index contributed by atoms with van der Waals surface area (Å²) in [4.78, 5) is 25.1. The molecule has 1 heterocycles. The summed E-state index contributed by atoms with van der Waals surface area (Å²) in [6.45, 7) is 5.76. The number of carbonyl (C=O) groups excluding carboxylic acids is 2. The lowest BCUT2D eigenvalue weighted by Crippen LogP contribution is -2.48. The first kappa shape index (κ1) is 14.9. The molecule has 18 heavy (non-hydrogen) atoms. The fourth-order valence-corrected chi connectivity index (χ4v) is 2.23. The Kier molecular flexibility index (Phi) is 5.53. The Morgan fingerprint density at radius 1 is 1.39 bits per heavy atom. The van der Waals surface area contributed by atoms with Gasteiger partial charge in [0.2, 0.25) is 0 Å². The Hall–Kier alpha value is -1.17. The first-order valence-corrected chi connectivity index (χ1v) is 6.68. The van der Waals surface area contributed by atoms with Crippen LogP contribution in [0.2, 0.25) is 0 Å². The number of amides is 2. The van der Waals surface area contributed by atoms with Crippen molar-refractivity contribution < 1.29 is 9.59 Å². The molecule has 0 saturated carbocycles. The van der Waals surface area contributed by atoms with Crippen LogP contribution in [0.3, 0.4) is 0 Å². The molecule has 0 spiro atoms. The van der Waals surface area contributed by atoms with Gasteiger partial charge < -0.3 is 16.0 Å². The van der Waals surface area contributed by atoms with Gasteiger partial charge in [0.1, 0.15) is 0 Å². The molecular formula is C12H21N3O2S. The van der Waals surface area contributed by atoms with Gasteiger partial charge in [-0.25, -0.2) is 0 Å². The molecule has 0 aromatic heterocycles. The third-order valence-electron chi connectivity index (χ3n) is 3.39. The maximum Gasteiger partial charge on any atom is 0.311 e. The van der Waals surface area contributed by atoms with E-state index in [0.717, 1.165) is 12.8 Å². The molecule has 5 nitrogen and oxygen atoms in total. The molecule has 2 amide bonds. The second-order valence-electron chi connectivity index (χ2n) is 5.02. The highest BCUT2D eigenvalue weighted by atomic mass is 32.1. The summed E-state index contributed by atoms with van der Waals surface area (Å²) in [6.07, 6.45) is 1.93. The highest BCUT2D eigenvalue weighted by Crippen LogP contribution is 2.24. The van der Waals surface area contributed by atoms with Crippen LogP contribution >= 0.6 is 12.2 Å². The molecule has 0 unspecified atom stereocenters. The molecule has 3 N–H and O–H groups in total. The number of nitrogens with zero attached hydrogens (tertiary/aromatic N) is 1. The number of likely N-dealkylation sites (tertiary alicyclic amines) is 1. The van der Waals surface area contributed by atoms with Crippen LogP contribution in [0, 0.1) is 11.8 Å². The Morgan fingerprint density at radius 3 is 2.39 bits per heavy atom. The Balaban J connectivity index is 2.40. The number of nitrogens with two attached hydrogens (primary N) is 1. The molecule has 0 atom stereocenters. The molecule has 0 aliphatic carbocycles. The lowest BCUT2D eigenvalue weighted by Gasteiger charge is -2.33. The van der Waals surface area contributed by atoms with E-state index in [1.807, 2.05) is 0 Å². The maximum atomic E-state index is 11.8. The number of hydrogen-bond acceptors (Lipinski definition) is 3. The molecule has 102 valence electrons. The molecule has 0 radical (unpaired) electrons. The van der Waals surface area contributed by atoms with Crippen LogP contribution in [0.25, 0.3) is 0 Å². The first-order chi connectivity index (χ1) is 8.41. The SMILES string of the molecule is CC(C)C1CCN(C(=O)C(=O)NCC(N)=S)CC1. The normalized spacial score (nSPS) is 16.7. The van der Waals surface area contributed by atoms with Gasteiger partial charge in [0.25, 0.3) is 0 Å². The van der Waals surface area contributed by atoms with E-state index >= 15 is 0 Å². The third kappa shape index (κ3) is 4.25. The number of thiocarbonyl (C=S) groups is 1. The molecule has 1 aliphatic rings. The van der Waals surface area contributed by atoms with Crippen molar-refractivity contribution in [3.05, 3.63) is 0 Å². The van der Waals surface area contributed by atoms with Gasteiger partial charge in [0.05, 0.1) is 11.5 Å². The van der Waals surface area contributed by atoms with Crippen molar-refractivity contribution >= 4 is 29.0 Å². The predicted octanol–water partition coefficient (Wildman–Crippen LogP) is 0.283. The zero-order valence-electron chi connectivity index (χ0n) is 10.9. The fourth-order valence-electron chi connectivity index (χ4n) is 2.16. The van der Waals surface area contributed by atoms with Gasteiger partial charge in [-0.05, 0) is 24.7 Å². The minimum atomic E-state index is -0.620. The molecule has 0 aromatic carbocycles. The van der Waals surface area contributed by atoms with E-state index in [0.29, 0.717) is 24.9 Å². The summed E-state index contributed by atoms with van der Waals surface area (Å²) >= 11 is 4.64. The number of piperidine rings is 1. The van der Waals surface area contributed by atoms with E-state index in [4.69, 9.17) is 5.73 Å². The largest absolute Gasteiger partial charge is 0.392 e. The number of carbonyl (C=O) groups is 2. The lowest BCUT2D eigenvalue weighted by atomic mass is 9.87. The van der Waals surface area contributed by atoms with Crippen LogP contribution in [-0.4, -0.2) is 41.3 Å².